The quantitative estimate of drug-likeness (QED) is 0.471. The van der Waals surface area contributed by atoms with Gasteiger partial charge in [0.15, 0.2) is 6.61 Å². The fraction of sp³-hybridized carbons (Fsp3) is 0.136. The van der Waals surface area contributed by atoms with Gasteiger partial charge in [-0.15, -0.1) is 11.8 Å². The molecule has 0 saturated heterocycles. The Kier molecular flexibility index (Phi) is 6.86. The summed E-state index contributed by atoms with van der Waals surface area (Å²) in [6, 6.07) is 20.2. The maximum atomic E-state index is 11.9. The van der Waals surface area contributed by atoms with Crippen molar-refractivity contribution >= 4 is 46.1 Å². The van der Waals surface area contributed by atoms with Crippen molar-refractivity contribution in [1.82, 2.24) is 0 Å². The van der Waals surface area contributed by atoms with Gasteiger partial charge in [0.25, 0.3) is 5.91 Å². The van der Waals surface area contributed by atoms with Crippen molar-refractivity contribution in [1.29, 1.82) is 0 Å². The van der Waals surface area contributed by atoms with E-state index in [2.05, 4.69) is 10.1 Å². The van der Waals surface area contributed by atoms with Crippen LogP contribution in [0.2, 0.25) is 0 Å². The number of ether oxygens (including phenoxy) is 2. The lowest BCUT2D eigenvalue weighted by molar-refractivity contribution is -0.144. The number of carbonyl (C=O) groups is 3. The number of thioether (sulfide) groups is 1. The number of nitrogens with one attached hydrogen (secondary N) is 1. The summed E-state index contributed by atoms with van der Waals surface area (Å²) >= 11 is 1.36. The molecule has 29 heavy (non-hydrogen) atoms. The summed E-state index contributed by atoms with van der Waals surface area (Å²) in [6.45, 7) is -0.379. The Morgan fingerprint density at radius 3 is 2.38 bits per heavy atom. The second-order valence-corrected chi connectivity index (χ2v) is 7.12. The van der Waals surface area contributed by atoms with Crippen molar-refractivity contribution in [3.8, 4) is 0 Å². The Balaban J connectivity index is 1.43. The zero-order chi connectivity index (χ0) is 20.6. The third-order valence-electron chi connectivity index (χ3n) is 4.03. The van der Waals surface area contributed by atoms with E-state index in [1.165, 1.54) is 31.0 Å². The third kappa shape index (κ3) is 5.83. The Morgan fingerprint density at radius 1 is 0.931 bits per heavy atom. The maximum absolute atomic E-state index is 11.9. The molecule has 0 aromatic heterocycles. The third-order valence-corrected chi connectivity index (χ3v) is 5.00. The molecule has 0 aliphatic rings. The highest BCUT2D eigenvalue weighted by molar-refractivity contribution is 8.00. The van der Waals surface area contributed by atoms with Crippen molar-refractivity contribution in [2.75, 3.05) is 24.8 Å². The highest BCUT2D eigenvalue weighted by atomic mass is 32.2. The van der Waals surface area contributed by atoms with E-state index in [-0.39, 0.29) is 12.4 Å². The number of fused-ring (bicyclic) bond motifs is 1. The van der Waals surface area contributed by atoms with Gasteiger partial charge in [0.1, 0.15) is 0 Å². The van der Waals surface area contributed by atoms with Gasteiger partial charge in [-0.05, 0) is 47.2 Å². The zero-order valence-corrected chi connectivity index (χ0v) is 16.5. The van der Waals surface area contributed by atoms with Crippen molar-refractivity contribution in [2.24, 2.45) is 0 Å². The molecule has 0 unspecified atom stereocenters. The molecule has 3 aromatic rings. The minimum Gasteiger partial charge on any atom is -0.465 e. The lowest BCUT2D eigenvalue weighted by Gasteiger charge is -2.07. The first-order valence-electron chi connectivity index (χ1n) is 8.80. The number of esters is 2. The molecular weight excluding hydrogens is 390 g/mol. The Bertz CT molecular complexity index is 1030. The van der Waals surface area contributed by atoms with Crippen LogP contribution in [-0.2, 0) is 19.1 Å². The number of benzene rings is 3. The van der Waals surface area contributed by atoms with Crippen LogP contribution in [0, 0.1) is 0 Å². The Hall–Kier alpha value is -3.32. The van der Waals surface area contributed by atoms with Gasteiger partial charge in [0.05, 0.1) is 18.4 Å². The number of anilines is 1. The van der Waals surface area contributed by atoms with Crippen LogP contribution in [0.1, 0.15) is 10.4 Å². The van der Waals surface area contributed by atoms with Crippen LogP contribution >= 0.6 is 11.8 Å². The minimum atomic E-state index is -0.473. The fourth-order valence-corrected chi connectivity index (χ4v) is 3.33. The molecule has 6 nitrogen and oxygen atoms in total. The summed E-state index contributed by atoms with van der Waals surface area (Å²) in [7, 11) is 1.30. The molecule has 0 saturated carbocycles. The molecule has 0 bridgehead atoms. The number of hydrogen-bond donors (Lipinski definition) is 1. The van der Waals surface area contributed by atoms with E-state index >= 15 is 0 Å². The molecule has 0 heterocycles. The number of hydrogen-bond acceptors (Lipinski definition) is 6. The van der Waals surface area contributed by atoms with Gasteiger partial charge < -0.3 is 14.8 Å². The second kappa shape index (κ2) is 9.75. The number of rotatable bonds is 7. The monoisotopic (exact) mass is 409 g/mol. The van der Waals surface area contributed by atoms with Gasteiger partial charge in [0.2, 0.25) is 0 Å². The van der Waals surface area contributed by atoms with Gasteiger partial charge in [-0.2, -0.15) is 0 Å². The average molecular weight is 409 g/mol. The maximum Gasteiger partial charge on any atom is 0.337 e. The molecular formula is C22H19NO5S. The zero-order valence-electron chi connectivity index (χ0n) is 15.7. The highest BCUT2D eigenvalue weighted by Gasteiger charge is 2.10. The first-order valence-corrected chi connectivity index (χ1v) is 9.79. The smallest absolute Gasteiger partial charge is 0.337 e. The van der Waals surface area contributed by atoms with Gasteiger partial charge >= 0.3 is 11.9 Å². The van der Waals surface area contributed by atoms with E-state index in [1.54, 1.807) is 12.1 Å². The van der Waals surface area contributed by atoms with Gasteiger partial charge in [0, 0.05) is 10.6 Å². The summed E-state index contributed by atoms with van der Waals surface area (Å²) in [5.41, 5.74) is 0.867. The van der Waals surface area contributed by atoms with Crippen LogP contribution in [0.4, 0.5) is 5.69 Å². The van der Waals surface area contributed by atoms with E-state index in [0.29, 0.717) is 11.3 Å². The molecule has 1 amide bonds. The molecule has 0 atom stereocenters. The molecule has 3 aromatic carbocycles. The summed E-state index contributed by atoms with van der Waals surface area (Å²) in [6.07, 6.45) is 0. The summed E-state index contributed by atoms with van der Waals surface area (Å²) in [5.74, 6) is -1.28. The van der Waals surface area contributed by atoms with E-state index in [4.69, 9.17) is 4.74 Å². The van der Waals surface area contributed by atoms with E-state index in [0.717, 1.165) is 15.7 Å². The van der Waals surface area contributed by atoms with Crippen molar-refractivity contribution in [3.05, 3.63) is 72.3 Å². The lowest BCUT2D eigenvalue weighted by Crippen LogP contribution is -2.21. The van der Waals surface area contributed by atoms with Crippen LogP contribution in [0.5, 0.6) is 0 Å². The first kappa shape index (κ1) is 20.4. The van der Waals surface area contributed by atoms with Gasteiger partial charge in [-0.25, -0.2) is 4.79 Å². The van der Waals surface area contributed by atoms with Gasteiger partial charge in [-0.3, -0.25) is 9.59 Å². The predicted molar refractivity (Wildman–Crippen MR) is 112 cm³/mol. The van der Waals surface area contributed by atoms with Crippen LogP contribution in [-0.4, -0.2) is 37.3 Å². The molecule has 0 aliphatic carbocycles. The SMILES string of the molecule is COC(=O)c1ccc(NC(=O)COC(=O)CSc2ccc3ccccc3c2)cc1. The van der Waals surface area contributed by atoms with Crippen LogP contribution in [0.15, 0.2) is 71.6 Å². The molecule has 3 rings (SSSR count). The number of methoxy groups -OCH3 is 1. The summed E-state index contributed by atoms with van der Waals surface area (Å²) in [5, 5.41) is 4.84. The summed E-state index contributed by atoms with van der Waals surface area (Å²) in [4.78, 5) is 36.2. The van der Waals surface area contributed by atoms with Crippen molar-refractivity contribution < 1.29 is 23.9 Å². The topological polar surface area (TPSA) is 81.7 Å². The lowest BCUT2D eigenvalue weighted by atomic mass is 10.1. The van der Waals surface area contributed by atoms with E-state index in [9.17, 15) is 14.4 Å². The minimum absolute atomic E-state index is 0.111. The summed E-state index contributed by atoms with van der Waals surface area (Å²) < 4.78 is 9.63. The molecule has 0 aliphatic heterocycles. The largest absolute Gasteiger partial charge is 0.465 e. The fourth-order valence-electron chi connectivity index (χ4n) is 2.59. The van der Waals surface area contributed by atoms with Crippen molar-refractivity contribution in [2.45, 2.75) is 4.90 Å². The average Bonchev–Trinajstić information content (AvgIpc) is 2.76. The highest BCUT2D eigenvalue weighted by Crippen LogP contribution is 2.23. The number of amides is 1. The van der Waals surface area contributed by atoms with E-state index in [1.807, 2.05) is 42.5 Å². The Labute approximate surface area is 172 Å². The van der Waals surface area contributed by atoms with Crippen molar-refractivity contribution in [3.63, 3.8) is 0 Å². The second-order valence-electron chi connectivity index (χ2n) is 6.08. The first-order chi connectivity index (χ1) is 14.0. The Morgan fingerprint density at radius 2 is 1.66 bits per heavy atom. The number of carbonyl (C=O) groups excluding carboxylic acids is 3. The molecule has 0 radical (unpaired) electrons. The van der Waals surface area contributed by atoms with Crippen LogP contribution in [0.25, 0.3) is 10.8 Å². The molecule has 148 valence electrons. The standard InChI is InChI=1S/C22H19NO5S/c1-27-22(26)16-6-9-18(10-7-16)23-20(24)13-28-21(25)14-29-19-11-8-15-4-2-3-5-17(15)12-19/h2-12H,13-14H2,1H3,(H,23,24). The van der Waals surface area contributed by atoms with Crippen LogP contribution < -0.4 is 5.32 Å². The van der Waals surface area contributed by atoms with E-state index < -0.39 is 17.8 Å². The van der Waals surface area contributed by atoms with Crippen LogP contribution in [0.3, 0.4) is 0 Å². The van der Waals surface area contributed by atoms with Gasteiger partial charge in [-0.1, -0.05) is 30.3 Å². The predicted octanol–water partition coefficient (Wildman–Crippen LogP) is 3.90. The molecule has 0 fully saturated rings. The molecule has 0 spiro atoms. The molecule has 7 heteroatoms. The normalized spacial score (nSPS) is 10.4. The molecule has 1 N–H and O–H groups in total.